The Kier molecular flexibility index (Phi) is 25.0. The number of hydrogen-bond acceptors (Lipinski definition) is 1. The standard InChI is InChI=1S/C46H76N2.Pd/c1-7-13-19-25-31-45(47-43-35-39(27-21-15-9-3)33-40(36-43)28-22-16-10-4)46(32-26-20-14-8-2)48-44-37-41(29-23-17-11-5)34-42(38-44)30-24-18-12-6;/h33-38H,7-32H2,1-6H3;/q;+1. The van der Waals surface area contributed by atoms with Gasteiger partial charge in [0.1, 0.15) is 0 Å². The summed E-state index contributed by atoms with van der Waals surface area (Å²) in [5.41, 5.74) is 11.1. The van der Waals surface area contributed by atoms with Crippen LogP contribution in [0.15, 0.2) is 41.4 Å². The minimum absolute atomic E-state index is 1.04. The van der Waals surface area contributed by atoms with Crippen LogP contribution >= 0.6 is 0 Å². The predicted molar refractivity (Wildman–Crippen MR) is 215 cm³/mol. The summed E-state index contributed by atoms with van der Waals surface area (Å²) in [6, 6.07) is 14.8. The van der Waals surface area contributed by atoms with Crippen molar-refractivity contribution >= 4 is 22.8 Å². The second-order valence-corrected chi connectivity index (χ2v) is 15.4. The molecule has 0 spiro atoms. The fourth-order valence-electron chi connectivity index (χ4n) is 6.91. The van der Waals surface area contributed by atoms with Gasteiger partial charge >= 0.3 is 318 Å². The van der Waals surface area contributed by atoms with Crippen LogP contribution in [0.3, 0.4) is 0 Å². The summed E-state index contributed by atoms with van der Waals surface area (Å²) >= 11 is 3.85. The molecule has 49 heavy (non-hydrogen) atoms. The van der Waals surface area contributed by atoms with Crippen LogP contribution in [-0.2, 0) is 45.1 Å². The van der Waals surface area contributed by atoms with Gasteiger partial charge in [0, 0.05) is 0 Å². The van der Waals surface area contributed by atoms with Gasteiger partial charge in [0.25, 0.3) is 0 Å². The molecule has 2 rings (SSSR count). The summed E-state index contributed by atoms with van der Waals surface area (Å²) < 4.78 is 2.42. The molecule has 0 fully saturated rings. The van der Waals surface area contributed by atoms with Crippen molar-refractivity contribution in [1.29, 1.82) is 0 Å². The Morgan fingerprint density at radius 3 is 1.22 bits per heavy atom. The molecule has 2 nitrogen and oxygen atoms in total. The van der Waals surface area contributed by atoms with Gasteiger partial charge in [-0.25, -0.2) is 0 Å². The van der Waals surface area contributed by atoms with Crippen LogP contribution in [0.1, 0.15) is 205 Å². The van der Waals surface area contributed by atoms with Crippen molar-refractivity contribution in [1.82, 2.24) is 0 Å². The number of rotatable bonds is 29. The van der Waals surface area contributed by atoms with E-state index < -0.39 is 0 Å². The first kappa shape index (κ1) is 43.6. The van der Waals surface area contributed by atoms with Crippen molar-refractivity contribution in [2.45, 2.75) is 208 Å². The van der Waals surface area contributed by atoms with Crippen LogP contribution < -0.4 is 0 Å². The fraction of sp³-hybridized carbons (Fsp3) is 0.696. The third-order valence-corrected chi connectivity index (χ3v) is 10.7. The zero-order valence-corrected chi connectivity index (χ0v) is 34.6. The normalized spacial score (nSPS) is 12.5. The molecule has 279 valence electrons. The summed E-state index contributed by atoms with van der Waals surface area (Å²) in [4.78, 5) is 5.66. The Morgan fingerprint density at radius 2 is 0.816 bits per heavy atom. The summed E-state index contributed by atoms with van der Waals surface area (Å²) in [6.45, 7) is 13.9. The molecule has 0 heterocycles. The van der Waals surface area contributed by atoms with Crippen molar-refractivity contribution in [3.63, 3.8) is 0 Å². The maximum atomic E-state index is 5.66. The number of nitrogens with zero attached hydrogens (tertiary/aromatic N) is 2. The van der Waals surface area contributed by atoms with E-state index in [9.17, 15) is 0 Å². The number of aryl methyl sites for hydroxylation is 4. The van der Waals surface area contributed by atoms with Crippen LogP contribution in [0, 0.1) is 0 Å². The van der Waals surface area contributed by atoms with E-state index in [0.717, 1.165) is 25.7 Å². The Morgan fingerprint density at radius 1 is 0.449 bits per heavy atom. The van der Waals surface area contributed by atoms with E-state index in [1.807, 2.05) is 0 Å². The topological polar surface area (TPSA) is 15.4 Å². The molecule has 0 aliphatic rings. The molecule has 0 saturated carbocycles. The summed E-state index contributed by atoms with van der Waals surface area (Å²) in [7, 11) is 0. The summed E-state index contributed by atoms with van der Waals surface area (Å²) in [5, 5.41) is 0. The van der Waals surface area contributed by atoms with E-state index in [1.165, 1.54) is 186 Å². The molecule has 0 atom stereocenters. The van der Waals surface area contributed by atoms with E-state index in [0.29, 0.717) is 0 Å². The van der Waals surface area contributed by atoms with Gasteiger partial charge in [-0.3, -0.25) is 0 Å². The van der Waals surface area contributed by atoms with Gasteiger partial charge in [-0.1, -0.05) is 0 Å². The molecule has 0 radical (unpaired) electrons. The molecule has 0 aliphatic heterocycles. The minimum atomic E-state index is 1.04. The van der Waals surface area contributed by atoms with Crippen molar-refractivity contribution in [3.8, 4) is 0 Å². The molecule has 0 saturated heterocycles. The molecule has 2 aromatic carbocycles. The first-order chi connectivity index (χ1) is 24.0. The van der Waals surface area contributed by atoms with E-state index in [4.69, 9.17) is 4.99 Å². The van der Waals surface area contributed by atoms with E-state index in [-0.39, 0.29) is 0 Å². The number of unbranched alkanes of at least 4 members (excludes halogenated alkanes) is 14. The summed E-state index contributed by atoms with van der Waals surface area (Å²) in [6.07, 6.45) is 32.2. The van der Waals surface area contributed by atoms with Crippen molar-refractivity contribution in [2.75, 3.05) is 0 Å². The third kappa shape index (κ3) is 18.5. The van der Waals surface area contributed by atoms with Crippen molar-refractivity contribution in [2.24, 2.45) is 4.99 Å². The van der Waals surface area contributed by atoms with Crippen LogP contribution in [0.25, 0.3) is 0 Å². The fourth-order valence-corrected chi connectivity index (χ4v) is 7.48. The molecule has 0 aliphatic carbocycles. The molecular weight excluding hydrogens is 687 g/mol. The Labute approximate surface area is 316 Å². The van der Waals surface area contributed by atoms with Crippen LogP contribution in [0.5, 0.6) is 0 Å². The van der Waals surface area contributed by atoms with Gasteiger partial charge in [0.15, 0.2) is 0 Å². The van der Waals surface area contributed by atoms with Gasteiger partial charge in [0.2, 0.25) is 0 Å². The molecule has 0 N–H and O–H groups in total. The van der Waals surface area contributed by atoms with Gasteiger partial charge in [-0.15, -0.1) is 0 Å². The van der Waals surface area contributed by atoms with Crippen molar-refractivity contribution in [3.05, 3.63) is 58.7 Å². The Hall–Kier alpha value is -1.56. The SMILES string of the molecule is CCCCCCC(=Nc1cc(CCCCC)cc(CCCCC)c1)C(CCCCCC)=[N+]([Pd])c1cc(CCCCC)cc(CCCCC)c1. The molecule has 3 heteroatoms. The van der Waals surface area contributed by atoms with Crippen molar-refractivity contribution < 1.29 is 22.7 Å². The van der Waals surface area contributed by atoms with Gasteiger partial charge in [-0.05, 0) is 0 Å². The molecule has 0 aromatic heterocycles. The average Bonchev–Trinajstić information content (AvgIpc) is 3.10. The van der Waals surface area contributed by atoms with Gasteiger partial charge in [0.05, 0.1) is 0 Å². The summed E-state index contributed by atoms with van der Waals surface area (Å²) in [5.74, 6) is 0. The number of benzene rings is 2. The quantitative estimate of drug-likeness (QED) is 0.0446. The monoisotopic (exact) mass is 763 g/mol. The first-order valence-electron chi connectivity index (χ1n) is 21.1. The average molecular weight is 764 g/mol. The van der Waals surface area contributed by atoms with Crippen LogP contribution in [0.4, 0.5) is 11.4 Å². The second kappa shape index (κ2) is 28.1. The molecule has 0 amide bonds. The zero-order valence-electron chi connectivity index (χ0n) is 33.1. The number of hydrogen-bond donors (Lipinski definition) is 0. The Bertz CT molecular complexity index is 1150. The second-order valence-electron chi connectivity index (χ2n) is 14.7. The zero-order chi connectivity index (χ0) is 35.5. The molecule has 0 bridgehead atoms. The van der Waals surface area contributed by atoms with E-state index in [1.54, 1.807) is 0 Å². The Balaban J connectivity index is 2.71. The molecule has 2 aromatic rings. The number of aliphatic imine (C=N–C) groups is 1. The molecular formula is C46H76N2Pd+. The first-order valence-corrected chi connectivity index (χ1v) is 21.8. The van der Waals surface area contributed by atoms with E-state index >= 15 is 0 Å². The molecule has 0 unspecified atom stereocenters. The predicted octanol–water partition coefficient (Wildman–Crippen LogP) is 14.9. The van der Waals surface area contributed by atoms with Crippen LogP contribution in [0.2, 0.25) is 0 Å². The third-order valence-electron chi connectivity index (χ3n) is 9.91. The maximum absolute atomic E-state index is 5.66. The van der Waals surface area contributed by atoms with E-state index in [2.05, 4.69) is 101 Å². The van der Waals surface area contributed by atoms with Gasteiger partial charge < -0.3 is 0 Å². The van der Waals surface area contributed by atoms with Gasteiger partial charge in [-0.2, -0.15) is 0 Å². The van der Waals surface area contributed by atoms with Crippen LogP contribution in [-0.4, -0.2) is 14.6 Å².